The van der Waals surface area contributed by atoms with Gasteiger partial charge in [0, 0.05) is 31.4 Å². The van der Waals surface area contributed by atoms with Crippen LogP contribution in [0.3, 0.4) is 0 Å². The normalized spacial score (nSPS) is 43.9. The Hall–Kier alpha value is -0.300. The highest BCUT2D eigenvalue weighted by Crippen LogP contribution is 2.40. The third-order valence-electron chi connectivity index (χ3n) is 4.61. The lowest BCUT2D eigenvalue weighted by atomic mass is 9.88. The van der Waals surface area contributed by atoms with Crippen LogP contribution in [0.25, 0.3) is 0 Å². The van der Waals surface area contributed by atoms with E-state index in [2.05, 4.69) is 0 Å². The van der Waals surface area contributed by atoms with Gasteiger partial charge in [-0.3, -0.25) is 9.69 Å². The maximum atomic E-state index is 11.3. The summed E-state index contributed by atoms with van der Waals surface area (Å²) in [7, 11) is 0. The third kappa shape index (κ3) is 2.63. The van der Waals surface area contributed by atoms with E-state index >= 15 is 0 Å². The molecule has 2 N–H and O–H groups in total. The number of β-amino-alcohol motifs (C(OH)–C–C–N with tert-alkyl or cyclic N) is 1. The summed E-state index contributed by atoms with van der Waals surface area (Å²) in [5, 5.41) is 19.1. The van der Waals surface area contributed by atoms with Gasteiger partial charge in [-0.25, -0.2) is 0 Å². The molecule has 3 heterocycles. The van der Waals surface area contributed by atoms with Crippen molar-refractivity contribution in [2.75, 3.05) is 24.7 Å². The maximum absolute atomic E-state index is 11.3. The van der Waals surface area contributed by atoms with E-state index < -0.39 is 18.1 Å². The fraction of sp³-hybridized carbons (Fsp3) is 0.923. The molecule has 0 aromatic rings. The lowest BCUT2D eigenvalue weighted by Crippen LogP contribution is -2.52. The van der Waals surface area contributed by atoms with Crippen LogP contribution in [0.2, 0.25) is 0 Å². The number of rotatable bonds is 2. The van der Waals surface area contributed by atoms with Crippen LogP contribution in [0.5, 0.6) is 0 Å². The van der Waals surface area contributed by atoms with Gasteiger partial charge in [-0.05, 0) is 25.0 Å². The second kappa shape index (κ2) is 5.24. The number of likely N-dealkylation sites (tertiary alicyclic amines) is 1. The van der Waals surface area contributed by atoms with Crippen molar-refractivity contribution >= 4 is 17.7 Å². The largest absolute Gasteiger partial charge is 0.480 e. The number of ether oxygens (including phenoxy) is 1. The van der Waals surface area contributed by atoms with Crippen molar-refractivity contribution in [1.82, 2.24) is 4.90 Å². The molecule has 19 heavy (non-hydrogen) atoms. The molecule has 3 aliphatic heterocycles. The maximum Gasteiger partial charge on any atom is 0.321 e. The molecule has 108 valence electrons. The molecule has 0 radical (unpaired) electrons. The van der Waals surface area contributed by atoms with Gasteiger partial charge in [-0.15, -0.1) is 0 Å². The van der Waals surface area contributed by atoms with E-state index in [1.54, 1.807) is 0 Å². The van der Waals surface area contributed by atoms with Crippen LogP contribution < -0.4 is 0 Å². The Morgan fingerprint density at radius 1 is 1.47 bits per heavy atom. The SMILES string of the molecule is O=C(O)C1CC(O)CN1C1CCOC2(CCSC2)C1. The number of aliphatic hydroxyl groups excluding tert-OH is 1. The fourth-order valence-corrected chi connectivity index (χ4v) is 5.01. The highest BCUT2D eigenvalue weighted by molar-refractivity contribution is 7.99. The molecule has 5 nitrogen and oxygen atoms in total. The lowest BCUT2D eigenvalue weighted by molar-refractivity contribution is -0.146. The van der Waals surface area contributed by atoms with Crippen LogP contribution in [0.15, 0.2) is 0 Å². The first-order valence-corrected chi connectivity index (χ1v) is 8.13. The van der Waals surface area contributed by atoms with Crippen molar-refractivity contribution in [3.05, 3.63) is 0 Å². The Labute approximate surface area is 117 Å². The van der Waals surface area contributed by atoms with E-state index in [-0.39, 0.29) is 11.6 Å². The number of aliphatic hydroxyl groups is 1. The Bertz CT molecular complexity index is 359. The van der Waals surface area contributed by atoms with Crippen molar-refractivity contribution in [3.63, 3.8) is 0 Å². The molecule has 1 spiro atoms. The van der Waals surface area contributed by atoms with Gasteiger partial charge in [0.25, 0.3) is 0 Å². The summed E-state index contributed by atoms with van der Waals surface area (Å²) in [6.07, 6.45) is 2.72. The third-order valence-corrected chi connectivity index (χ3v) is 5.83. The van der Waals surface area contributed by atoms with E-state index in [0.717, 1.165) is 30.8 Å². The predicted octanol–water partition coefficient (Wildman–Crippen LogP) is 0.561. The molecule has 4 atom stereocenters. The van der Waals surface area contributed by atoms with Crippen LogP contribution in [0, 0.1) is 0 Å². The summed E-state index contributed by atoms with van der Waals surface area (Å²) in [5.41, 5.74) is -0.0375. The molecule has 0 aromatic carbocycles. The zero-order valence-electron chi connectivity index (χ0n) is 11.0. The average molecular weight is 287 g/mol. The van der Waals surface area contributed by atoms with Crippen molar-refractivity contribution < 1.29 is 19.7 Å². The van der Waals surface area contributed by atoms with E-state index in [4.69, 9.17) is 4.74 Å². The van der Waals surface area contributed by atoms with Gasteiger partial charge in [-0.1, -0.05) is 0 Å². The molecule has 3 fully saturated rings. The molecular weight excluding hydrogens is 266 g/mol. The summed E-state index contributed by atoms with van der Waals surface area (Å²) in [5.74, 6) is 1.35. The predicted molar refractivity (Wildman–Crippen MR) is 72.4 cm³/mol. The summed E-state index contributed by atoms with van der Waals surface area (Å²) in [6, 6.07) is -0.282. The molecule has 0 amide bonds. The first kappa shape index (κ1) is 13.7. The molecule has 3 saturated heterocycles. The number of nitrogens with zero attached hydrogens (tertiary/aromatic N) is 1. The zero-order valence-corrected chi connectivity index (χ0v) is 11.8. The number of thioether (sulfide) groups is 1. The second-order valence-electron chi connectivity index (χ2n) is 5.92. The number of aliphatic carboxylic acids is 1. The van der Waals surface area contributed by atoms with Crippen LogP contribution in [-0.2, 0) is 9.53 Å². The number of carboxylic acids is 1. The van der Waals surface area contributed by atoms with E-state index in [1.165, 1.54) is 0 Å². The smallest absolute Gasteiger partial charge is 0.321 e. The van der Waals surface area contributed by atoms with Crippen LogP contribution >= 0.6 is 11.8 Å². The van der Waals surface area contributed by atoms with Crippen molar-refractivity contribution in [3.8, 4) is 0 Å². The number of hydrogen-bond donors (Lipinski definition) is 2. The van der Waals surface area contributed by atoms with Crippen LogP contribution in [-0.4, -0.2) is 69.5 Å². The highest BCUT2D eigenvalue weighted by Gasteiger charge is 2.46. The minimum atomic E-state index is -0.808. The molecular formula is C13H21NO4S. The fourth-order valence-electron chi connectivity index (χ4n) is 3.63. The van der Waals surface area contributed by atoms with Gasteiger partial charge in [-0.2, -0.15) is 11.8 Å². The monoisotopic (exact) mass is 287 g/mol. The first-order chi connectivity index (χ1) is 9.10. The molecule has 6 heteroatoms. The van der Waals surface area contributed by atoms with Crippen molar-refractivity contribution in [1.29, 1.82) is 0 Å². The average Bonchev–Trinajstić information content (AvgIpc) is 2.97. The summed E-state index contributed by atoms with van der Waals surface area (Å²) in [6.45, 7) is 1.20. The molecule has 4 unspecified atom stereocenters. The molecule has 0 saturated carbocycles. The van der Waals surface area contributed by atoms with Crippen LogP contribution in [0.1, 0.15) is 25.7 Å². The quantitative estimate of drug-likeness (QED) is 0.773. The number of carboxylic acid groups (broad SMARTS) is 1. The molecule has 0 aliphatic carbocycles. The Balaban J connectivity index is 1.72. The van der Waals surface area contributed by atoms with E-state index in [0.29, 0.717) is 19.6 Å². The Kier molecular flexibility index (Phi) is 3.77. The Morgan fingerprint density at radius 3 is 3.00 bits per heavy atom. The zero-order chi connectivity index (χ0) is 13.5. The minimum absolute atomic E-state index is 0.0375. The van der Waals surface area contributed by atoms with Gasteiger partial charge in [0.2, 0.25) is 0 Å². The van der Waals surface area contributed by atoms with Gasteiger partial charge >= 0.3 is 5.97 Å². The molecule has 0 aromatic heterocycles. The topological polar surface area (TPSA) is 70.0 Å². The van der Waals surface area contributed by atoms with Gasteiger partial charge in [0.1, 0.15) is 6.04 Å². The molecule has 3 aliphatic rings. The van der Waals surface area contributed by atoms with Crippen molar-refractivity contribution in [2.45, 2.75) is 49.5 Å². The van der Waals surface area contributed by atoms with Gasteiger partial charge in [0.05, 0.1) is 11.7 Å². The first-order valence-electron chi connectivity index (χ1n) is 6.98. The standard InChI is InChI=1S/C13H21NO4S/c15-10-5-11(12(16)17)14(7-10)9-1-3-18-13(6-9)2-4-19-8-13/h9-11,15H,1-8H2,(H,16,17). The number of hydrogen-bond acceptors (Lipinski definition) is 5. The summed E-state index contributed by atoms with van der Waals surface area (Å²) in [4.78, 5) is 13.3. The van der Waals surface area contributed by atoms with E-state index in [9.17, 15) is 15.0 Å². The van der Waals surface area contributed by atoms with Crippen LogP contribution in [0.4, 0.5) is 0 Å². The summed E-state index contributed by atoms with van der Waals surface area (Å²) < 4.78 is 5.98. The lowest BCUT2D eigenvalue weighted by Gasteiger charge is -2.42. The molecule has 3 rings (SSSR count). The second-order valence-corrected chi connectivity index (χ2v) is 7.03. The Morgan fingerprint density at radius 2 is 2.32 bits per heavy atom. The summed E-state index contributed by atoms with van der Waals surface area (Å²) >= 11 is 1.92. The minimum Gasteiger partial charge on any atom is -0.480 e. The van der Waals surface area contributed by atoms with Gasteiger partial charge < -0.3 is 14.9 Å². The number of carbonyl (C=O) groups is 1. The van der Waals surface area contributed by atoms with E-state index in [1.807, 2.05) is 16.7 Å². The molecule has 0 bridgehead atoms. The van der Waals surface area contributed by atoms with Crippen molar-refractivity contribution in [2.24, 2.45) is 0 Å². The highest BCUT2D eigenvalue weighted by atomic mass is 32.2. The van der Waals surface area contributed by atoms with Gasteiger partial charge in [0.15, 0.2) is 0 Å².